The molecule has 3 heterocycles. The van der Waals surface area contributed by atoms with Crippen molar-refractivity contribution in [2.75, 3.05) is 37.3 Å². The molecule has 1 aliphatic heterocycles. The van der Waals surface area contributed by atoms with Crippen molar-refractivity contribution in [1.82, 2.24) is 29.7 Å². The zero-order valence-corrected chi connectivity index (χ0v) is 22.3. The predicted molar refractivity (Wildman–Crippen MR) is 149 cm³/mol. The number of hydrogen-bond acceptors (Lipinski definition) is 7. The molecule has 0 radical (unpaired) electrons. The van der Waals surface area contributed by atoms with Crippen molar-refractivity contribution >= 4 is 28.7 Å². The molecule has 0 aliphatic carbocycles. The first kappa shape index (κ1) is 28.8. The van der Waals surface area contributed by atoms with E-state index in [2.05, 4.69) is 37.5 Å². The third kappa shape index (κ3) is 6.85. The monoisotopic (exact) mass is 555 g/mol. The molecule has 5 N–H and O–H groups in total. The number of amides is 2. The van der Waals surface area contributed by atoms with E-state index in [1.807, 2.05) is 4.90 Å². The lowest BCUT2D eigenvalue weighted by Crippen LogP contribution is -2.40. The highest BCUT2D eigenvalue weighted by Crippen LogP contribution is 2.32. The molecule has 10 nitrogen and oxygen atoms in total. The SMILES string of the molecule is C=C(CN1CCC(N)CC1)/C(=C\C(=C/C)NC(=O)Nc1ccc(-n2cnc3c(NC)ncnc32)cc1)C(F)(F)F. The van der Waals surface area contributed by atoms with E-state index in [1.54, 1.807) is 49.1 Å². The van der Waals surface area contributed by atoms with Crippen LogP contribution < -0.4 is 21.7 Å². The number of piperidine rings is 1. The highest BCUT2D eigenvalue weighted by atomic mass is 19.4. The fraction of sp³-hybridized carbons (Fsp3) is 0.333. The standard InChI is InChI=1S/C27H32F3N9O/c1-4-19(13-22(27(28,29)30)17(2)14-38-11-9-18(31)10-12-38)36-26(40)37-20-5-7-21(8-6-20)39-16-35-23-24(32-3)33-15-34-25(23)39/h4-8,13,15-16,18H,2,9-12,14,31H2,1,3H3,(H,32,33,34)(H2,36,37,40)/b19-4+,22-13+. The van der Waals surface area contributed by atoms with Gasteiger partial charge in [0.15, 0.2) is 17.0 Å². The Morgan fingerprint density at radius 3 is 2.50 bits per heavy atom. The van der Waals surface area contributed by atoms with Crippen LogP contribution in [0.25, 0.3) is 16.9 Å². The van der Waals surface area contributed by atoms with Crippen LogP contribution in [0, 0.1) is 0 Å². The van der Waals surface area contributed by atoms with E-state index in [9.17, 15) is 18.0 Å². The molecule has 3 aromatic rings. The summed E-state index contributed by atoms with van der Waals surface area (Å²) in [6.45, 7) is 6.54. The molecule has 2 amide bonds. The lowest BCUT2D eigenvalue weighted by molar-refractivity contribution is -0.0898. The number of nitrogens with zero attached hydrogens (tertiary/aromatic N) is 5. The van der Waals surface area contributed by atoms with Gasteiger partial charge in [0, 0.05) is 36.7 Å². The van der Waals surface area contributed by atoms with Gasteiger partial charge in [-0.05, 0) is 68.8 Å². The minimum absolute atomic E-state index is 0.00633. The van der Waals surface area contributed by atoms with Crippen molar-refractivity contribution in [3.63, 3.8) is 0 Å². The molecular formula is C27H32F3N9O. The molecular weight excluding hydrogens is 523 g/mol. The van der Waals surface area contributed by atoms with Crippen molar-refractivity contribution in [3.8, 4) is 5.69 Å². The molecule has 1 fully saturated rings. The van der Waals surface area contributed by atoms with Crippen LogP contribution in [-0.4, -0.2) is 69.4 Å². The lowest BCUT2D eigenvalue weighted by Gasteiger charge is -2.31. The summed E-state index contributed by atoms with van der Waals surface area (Å²) in [5.41, 5.74) is 7.33. The Balaban J connectivity index is 1.42. The highest BCUT2D eigenvalue weighted by molar-refractivity contribution is 5.91. The molecule has 1 aromatic carbocycles. The number of halogens is 3. The molecule has 212 valence electrons. The van der Waals surface area contributed by atoms with Crippen molar-refractivity contribution in [1.29, 1.82) is 0 Å². The van der Waals surface area contributed by atoms with Crippen LogP contribution in [0.15, 0.2) is 72.5 Å². The van der Waals surface area contributed by atoms with Gasteiger partial charge >= 0.3 is 12.2 Å². The molecule has 13 heteroatoms. The van der Waals surface area contributed by atoms with Gasteiger partial charge in [-0.3, -0.25) is 9.47 Å². The molecule has 4 rings (SSSR count). The topological polar surface area (TPSA) is 126 Å². The summed E-state index contributed by atoms with van der Waals surface area (Å²) < 4.78 is 43.5. The molecule has 40 heavy (non-hydrogen) atoms. The number of nitrogens with two attached hydrogens (primary N) is 1. The number of anilines is 2. The number of urea groups is 1. The first-order valence-electron chi connectivity index (χ1n) is 12.7. The van der Waals surface area contributed by atoms with Gasteiger partial charge in [-0.15, -0.1) is 0 Å². The average Bonchev–Trinajstić information content (AvgIpc) is 3.36. The second-order valence-corrected chi connectivity index (χ2v) is 9.40. The van der Waals surface area contributed by atoms with Gasteiger partial charge < -0.3 is 21.7 Å². The van der Waals surface area contributed by atoms with Gasteiger partial charge in [0.2, 0.25) is 0 Å². The predicted octanol–water partition coefficient (Wildman–Crippen LogP) is 4.35. The van der Waals surface area contributed by atoms with Crippen LogP contribution in [0.2, 0.25) is 0 Å². The van der Waals surface area contributed by atoms with Crippen LogP contribution in [-0.2, 0) is 0 Å². The number of rotatable bonds is 8. The maximum Gasteiger partial charge on any atom is 0.416 e. The number of imidazole rings is 1. The molecule has 0 bridgehead atoms. The van der Waals surface area contributed by atoms with Crippen molar-refractivity contribution < 1.29 is 18.0 Å². The van der Waals surface area contributed by atoms with Crippen molar-refractivity contribution in [2.24, 2.45) is 5.73 Å². The van der Waals surface area contributed by atoms with Gasteiger partial charge in [-0.25, -0.2) is 19.7 Å². The Morgan fingerprint density at radius 1 is 1.18 bits per heavy atom. The molecule has 1 saturated heterocycles. The fourth-order valence-corrected chi connectivity index (χ4v) is 4.40. The number of alkyl halides is 3. The molecule has 0 saturated carbocycles. The van der Waals surface area contributed by atoms with Crippen LogP contribution in [0.1, 0.15) is 19.8 Å². The summed E-state index contributed by atoms with van der Waals surface area (Å²) >= 11 is 0. The Labute approximate surface area is 229 Å². The van der Waals surface area contributed by atoms with Gasteiger partial charge in [0.05, 0.1) is 5.57 Å². The number of likely N-dealkylation sites (tertiary alicyclic amines) is 1. The second kappa shape index (κ2) is 12.3. The normalized spacial score (nSPS) is 15.8. The molecule has 0 unspecified atom stereocenters. The minimum Gasteiger partial charge on any atom is -0.371 e. The lowest BCUT2D eigenvalue weighted by atomic mass is 10.0. The van der Waals surface area contributed by atoms with E-state index in [0.29, 0.717) is 35.8 Å². The van der Waals surface area contributed by atoms with E-state index in [0.717, 1.165) is 24.6 Å². The number of carbonyl (C=O) groups excluding carboxylic acids is 1. The van der Waals surface area contributed by atoms with E-state index in [-0.39, 0.29) is 23.9 Å². The number of nitrogens with one attached hydrogen (secondary N) is 3. The van der Waals surface area contributed by atoms with Gasteiger partial charge in [-0.2, -0.15) is 13.2 Å². The first-order chi connectivity index (χ1) is 19.1. The van der Waals surface area contributed by atoms with E-state index in [1.165, 1.54) is 12.4 Å². The van der Waals surface area contributed by atoms with E-state index >= 15 is 0 Å². The zero-order valence-electron chi connectivity index (χ0n) is 22.3. The molecule has 0 spiro atoms. The van der Waals surface area contributed by atoms with E-state index in [4.69, 9.17) is 5.73 Å². The summed E-state index contributed by atoms with van der Waals surface area (Å²) in [6.07, 6.45) is 2.17. The third-order valence-electron chi connectivity index (χ3n) is 6.58. The highest BCUT2D eigenvalue weighted by Gasteiger charge is 2.36. The summed E-state index contributed by atoms with van der Waals surface area (Å²) in [5, 5.41) is 8.09. The van der Waals surface area contributed by atoms with Crippen LogP contribution in [0.4, 0.5) is 29.5 Å². The summed E-state index contributed by atoms with van der Waals surface area (Å²) in [6, 6.07) is 6.23. The summed E-state index contributed by atoms with van der Waals surface area (Å²) in [7, 11) is 1.74. The van der Waals surface area contributed by atoms with Gasteiger partial charge in [-0.1, -0.05) is 12.7 Å². The summed E-state index contributed by atoms with van der Waals surface area (Å²) in [5.74, 6) is 0.598. The number of allylic oxidation sites excluding steroid dienone is 2. The first-order valence-corrected chi connectivity index (χ1v) is 12.7. The zero-order chi connectivity index (χ0) is 28.9. The number of hydrogen-bond donors (Lipinski definition) is 4. The van der Waals surface area contributed by atoms with Crippen LogP contribution in [0.5, 0.6) is 0 Å². The van der Waals surface area contributed by atoms with Gasteiger partial charge in [0.25, 0.3) is 0 Å². The summed E-state index contributed by atoms with van der Waals surface area (Å²) in [4.78, 5) is 27.3. The van der Waals surface area contributed by atoms with E-state index < -0.39 is 17.8 Å². The smallest absolute Gasteiger partial charge is 0.371 e. The Bertz CT molecular complexity index is 1420. The average molecular weight is 556 g/mol. The number of benzene rings is 1. The molecule has 1 aliphatic rings. The number of fused-ring (bicyclic) bond motifs is 1. The molecule has 0 atom stereocenters. The minimum atomic E-state index is -4.64. The Hall–Kier alpha value is -4.23. The Kier molecular flexibility index (Phi) is 8.85. The van der Waals surface area contributed by atoms with Crippen LogP contribution in [0.3, 0.4) is 0 Å². The second-order valence-electron chi connectivity index (χ2n) is 9.40. The number of aromatic nitrogens is 4. The third-order valence-corrected chi connectivity index (χ3v) is 6.58. The number of carbonyl (C=O) groups is 1. The molecule has 2 aromatic heterocycles. The van der Waals surface area contributed by atoms with Gasteiger partial charge in [0.1, 0.15) is 12.7 Å². The van der Waals surface area contributed by atoms with Crippen molar-refractivity contribution in [2.45, 2.75) is 32.0 Å². The quantitative estimate of drug-likeness (QED) is 0.305. The maximum absolute atomic E-state index is 13.9. The van der Waals surface area contributed by atoms with Crippen molar-refractivity contribution in [3.05, 3.63) is 72.5 Å². The largest absolute Gasteiger partial charge is 0.416 e. The fourth-order valence-electron chi connectivity index (χ4n) is 4.40. The van der Waals surface area contributed by atoms with Crippen LogP contribution >= 0.6 is 0 Å². The maximum atomic E-state index is 13.9. The Morgan fingerprint density at radius 2 is 1.88 bits per heavy atom.